The van der Waals surface area contributed by atoms with E-state index in [0.29, 0.717) is 12.1 Å². The van der Waals surface area contributed by atoms with Crippen molar-refractivity contribution in [1.82, 2.24) is 14.7 Å². The summed E-state index contributed by atoms with van der Waals surface area (Å²) in [4.78, 5) is 2.34. The van der Waals surface area contributed by atoms with Crippen molar-refractivity contribution in [3.05, 3.63) is 10.8 Å². The van der Waals surface area contributed by atoms with Gasteiger partial charge in [0.05, 0.1) is 18.3 Å². The lowest BCUT2D eigenvalue weighted by Crippen LogP contribution is -2.17. The van der Waals surface area contributed by atoms with E-state index in [1.807, 2.05) is 6.20 Å². The largest absolute Gasteiger partial charge is 0.486 e. The van der Waals surface area contributed by atoms with Crippen LogP contribution in [0.2, 0.25) is 0 Å². The van der Waals surface area contributed by atoms with Crippen molar-refractivity contribution in [2.75, 3.05) is 20.1 Å². The van der Waals surface area contributed by atoms with Gasteiger partial charge in [-0.05, 0) is 61.6 Å². The maximum atomic E-state index is 6.03. The van der Waals surface area contributed by atoms with Crippen LogP contribution in [0.1, 0.15) is 38.1 Å². The van der Waals surface area contributed by atoms with Gasteiger partial charge in [0, 0.05) is 6.54 Å². The molecule has 1 aliphatic carbocycles. The molecule has 18 heavy (non-hydrogen) atoms. The Kier molecular flexibility index (Phi) is 3.61. The fraction of sp³-hybridized carbons (Fsp3) is 0.769. The monoisotopic (exact) mass is 313 g/mol. The topological polar surface area (TPSA) is 30.3 Å². The van der Waals surface area contributed by atoms with Gasteiger partial charge in [-0.25, -0.2) is 0 Å². The molecule has 0 radical (unpaired) electrons. The zero-order chi connectivity index (χ0) is 12.5. The number of aromatic nitrogens is 2. The molecule has 1 atom stereocenters. The van der Waals surface area contributed by atoms with Crippen LogP contribution in [0.5, 0.6) is 5.75 Å². The van der Waals surface area contributed by atoms with Gasteiger partial charge in [-0.1, -0.05) is 0 Å². The Morgan fingerprint density at radius 3 is 2.78 bits per heavy atom. The van der Waals surface area contributed by atoms with Crippen molar-refractivity contribution < 1.29 is 4.74 Å². The Morgan fingerprint density at radius 1 is 1.33 bits per heavy atom. The number of halogens is 1. The highest BCUT2D eigenvalue weighted by Crippen LogP contribution is 2.33. The van der Waals surface area contributed by atoms with E-state index in [0.717, 1.165) is 23.4 Å². The molecular formula is C13H20BrN3O. The summed E-state index contributed by atoms with van der Waals surface area (Å²) in [5.74, 6) is 0.913. The summed E-state index contributed by atoms with van der Waals surface area (Å²) in [5.41, 5.74) is 0. The number of likely N-dealkylation sites (tertiary alicyclic amines) is 1. The zero-order valence-electron chi connectivity index (χ0n) is 10.8. The number of hydrogen-bond donors (Lipinski definition) is 0. The van der Waals surface area contributed by atoms with Crippen LogP contribution in [-0.4, -0.2) is 40.9 Å². The summed E-state index contributed by atoms with van der Waals surface area (Å²) in [6.45, 7) is 2.22. The number of ether oxygens (including phenoxy) is 1. The minimum atomic E-state index is 0.394. The Bertz CT molecular complexity index is 414. The predicted molar refractivity (Wildman–Crippen MR) is 74.0 cm³/mol. The highest BCUT2D eigenvalue weighted by Gasteiger charge is 2.26. The van der Waals surface area contributed by atoms with Crippen LogP contribution in [0, 0.1) is 0 Å². The molecule has 0 spiro atoms. The molecule has 0 bridgehead atoms. The van der Waals surface area contributed by atoms with E-state index >= 15 is 0 Å². The zero-order valence-corrected chi connectivity index (χ0v) is 12.4. The van der Waals surface area contributed by atoms with Gasteiger partial charge in [0.15, 0.2) is 5.75 Å². The van der Waals surface area contributed by atoms with Crippen LogP contribution in [0.15, 0.2) is 10.8 Å². The number of likely N-dealkylation sites (N-methyl/N-ethyl adjacent to an activating group) is 1. The van der Waals surface area contributed by atoms with E-state index < -0.39 is 0 Å². The maximum absolute atomic E-state index is 6.03. The molecular weight excluding hydrogens is 294 g/mol. The van der Waals surface area contributed by atoms with Crippen LogP contribution >= 0.6 is 15.9 Å². The summed E-state index contributed by atoms with van der Waals surface area (Å²) in [6.07, 6.45) is 8.38. The number of hydrogen-bond acceptors (Lipinski definition) is 3. The highest BCUT2D eigenvalue weighted by molar-refractivity contribution is 9.10. The molecule has 1 aromatic rings. The normalized spacial score (nSPS) is 26.0. The summed E-state index contributed by atoms with van der Waals surface area (Å²) in [6, 6.07) is 0.477. The fourth-order valence-electron chi connectivity index (χ4n) is 2.96. The quantitative estimate of drug-likeness (QED) is 0.859. The van der Waals surface area contributed by atoms with Gasteiger partial charge in [-0.3, -0.25) is 4.68 Å². The first-order valence-electron chi connectivity index (χ1n) is 6.82. The van der Waals surface area contributed by atoms with Crippen molar-refractivity contribution in [3.63, 3.8) is 0 Å². The second-order valence-electron chi connectivity index (χ2n) is 5.47. The van der Waals surface area contributed by atoms with Crippen LogP contribution < -0.4 is 4.74 Å². The molecule has 5 heteroatoms. The summed E-state index contributed by atoms with van der Waals surface area (Å²) >= 11 is 3.65. The lowest BCUT2D eigenvalue weighted by atomic mass is 10.3. The van der Waals surface area contributed by atoms with Gasteiger partial charge in [0.1, 0.15) is 4.60 Å². The van der Waals surface area contributed by atoms with Crippen molar-refractivity contribution in [3.8, 4) is 5.75 Å². The average molecular weight is 314 g/mol. The lowest BCUT2D eigenvalue weighted by molar-refractivity contribution is 0.208. The van der Waals surface area contributed by atoms with Crippen molar-refractivity contribution >= 4 is 15.9 Å². The molecule has 2 heterocycles. The van der Waals surface area contributed by atoms with Gasteiger partial charge in [0.2, 0.25) is 0 Å². The van der Waals surface area contributed by atoms with Crippen LogP contribution in [-0.2, 0) is 0 Å². The Labute approximate surface area is 116 Å². The number of rotatable bonds is 3. The van der Waals surface area contributed by atoms with Gasteiger partial charge in [0.25, 0.3) is 0 Å². The van der Waals surface area contributed by atoms with Crippen molar-refractivity contribution in [2.45, 2.75) is 44.2 Å². The molecule has 3 rings (SSSR count). The molecule has 1 unspecified atom stereocenters. The second kappa shape index (κ2) is 5.21. The van der Waals surface area contributed by atoms with E-state index in [1.54, 1.807) is 0 Å². The molecule has 0 N–H and O–H groups in total. The van der Waals surface area contributed by atoms with Crippen LogP contribution in [0.25, 0.3) is 0 Å². The number of nitrogens with zero attached hydrogens (tertiary/aromatic N) is 3. The van der Waals surface area contributed by atoms with Crippen molar-refractivity contribution in [2.24, 2.45) is 0 Å². The highest BCUT2D eigenvalue weighted by atomic mass is 79.9. The summed E-state index contributed by atoms with van der Waals surface area (Å²) in [7, 11) is 2.16. The third kappa shape index (κ3) is 2.43. The third-order valence-electron chi connectivity index (χ3n) is 4.01. The van der Waals surface area contributed by atoms with E-state index in [-0.39, 0.29) is 0 Å². The molecule has 4 nitrogen and oxygen atoms in total. The van der Waals surface area contributed by atoms with Crippen LogP contribution in [0.3, 0.4) is 0 Å². The Hall–Kier alpha value is -0.550. The van der Waals surface area contributed by atoms with E-state index in [4.69, 9.17) is 4.74 Å². The fourth-order valence-corrected chi connectivity index (χ4v) is 3.54. The minimum Gasteiger partial charge on any atom is -0.486 e. The molecule has 1 aliphatic heterocycles. The Morgan fingerprint density at radius 2 is 2.11 bits per heavy atom. The Balaban J connectivity index is 1.71. The van der Waals surface area contributed by atoms with Gasteiger partial charge in [-0.15, -0.1) is 0 Å². The standard InChI is InChI=1S/C13H20BrN3O/c1-16-7-6-10(9-16)17-13(14)12(8-15-17)18-11-4-2-3-5-11/h8,10-11H,2-7,9H2,1H3. The first-order chi connectivity index (χ1) is 8.74. The molecule has 1 saturated heterocycles. The van der Waals surface area contributed by atoms with Gasteiger partial charge in [-0.2, -0.15) is 5.10 Å². The van der Waals surface area contributed by atoms with E-state index in [1.165, 1.54) is 32.1 Å². The average Bonchev–Trinajstić information content (AvgIpc) is 3.04. The smallest absolute Gasteiger partial charge is 0.172 e. The van der Waals surface area contributed by atoms with Crippen molar-refractivity contribution in [1.29, 1.82) is 0 Å². The molecule has 1 saturated carbocycles. The first-order valence-corrected chi connectivity index (χ1v) is 7.61. The van der Waals surface area contributed by atoms with E-state index in [2.05, 4.69) is 37.7 Å². The lowest BCUT2D eigenvalue weighted by Gasteiger charge is -2.14. The third-order valence-corrected chi connectivity index (χ3v) is 4.77. The molecule has 100 valence electrons. The predicted octanol–water partition coefficient (Wildman–Crippen LogP) is 2.84. The maximum Gasteiger partial charge on any atom is 0.172 e. The molecule has 2 fully saturated rings. The van der Waals surface area contributed by atoms with E-state index in [9.17, 15) is 0 Å². The summed E-state index contributed by atoms with van der Waals surface area (Å²) in [5, 5.41) is 4.49. The van der Waals surface area contributed by atoms with Gasteiger partial charge < -0.3 is 9.64 Å². The molecule has 1 aromatic heterocycles. The summed E-state index contributed by atoms with van der Waals surface area (Å²) < 4.78 is 9.12. The SMILES string of the molecule is CN1CCC(n2ncc(OC3CCCC3)c2Br)C1. The van der Waals surface area contributed by atoms with Crippen LogP contribution in [0.4, 0.5) is 0 Å². The minimum absolute atomic E-state index is 0.394. The molecule has 0 amide bonds. The molecule has 2 aliphatic rings. The van der Waals surface area contributed by atoms with Gasteiger partial charge >= 0.3 is 0 Å². The molecule has 0 aromatic carbocycles. The first kappa shape index (κ1) is 12.5. The second-order valence-corrected chi connectivity index (χ2v) is 6.22.